The molecule has 0 saturated carbocycles. The second-order valence-corrected chi connectivity index (χ2v) is 22.3. The number of furan rings is 2. The molecule has 0 amide bonds. The van der Waals surface area contributed by atoms with Gasteiger partial charge in [-0.05, 0) is 135 Å². The van der Waals surface area contributed by atoms with Crippen molar-refractivity contribution in [2.75, 3.05) is 0 Å². The molecular formula is C73H46BF3O7S. The Kier molecular flexibility index (Phi) is 13.2. The fourth-order valence-corrected chi connectivity index (χ4v) is 12.3. The Bertz CT molecular complexity index is 5350. The zero-order valence-corrected chi connectivity index (χ0v) is 45.8. The predicted octanol–water partition coefficient (Wildman–Crippen LogP) is 18.7. The van der Waals surface area contributed by atoms with Gasteiger partial charge in [-0.2, -0.15) is 21.6 Å². The van der Waals surface area contributed by atoms with Crippen molar-refractivity contribution in [3.05, 3.63) is 267 Å². The molecule has 2 aromatic heterocycles. The molecule has 0 fully saturated rings. The van der Waals surface area contributed by atoms with Crippen LogP contribution < -0.4 is 9.65 Å². The molecule has 0 bridgehead atoms. The van der Waals surface area contributed by atoms with E-state index in [-0.39, 0.29) is 0 Å². The molecule has 0 aliphatic heterocycles. The summed E-state index contributed by atoms with van der Waals surface area (Å²) in [7, 11) is -7.25. The maximum atomic E-state index is 12.7. The van der Waals surface area contributed by atoms with Crippen LogP contribution in [0.25, 0.3) is 142 Å². The monoisotopic (exact) mass is 1130 g/mol. The standard InChI is InChI=1S/C36H22O.C25H15F3O3S.C12H9BO3/c1-2-13-29-27(11-1)28-12-3-4-14-30(28)34-22-24(19-20-31(29)34)23-9-7-10-25(21-23)26-16-8-17-33-32-15-5-6-18-35(32)37-36(26)33;26-25(27,28)32(29,30)31-18-7-5-6-16(14-18)17-12-13-23-21-10-2-1-8-19(21)20-9-3-4-11-22(20)24(23)15-17;14-13(15)10-6-3-5-9-8-4-1-2-7-11(8)16-12(9)10/h1-22H;1-15H;1-7,14-15H. The fourth-order valence-electron chi connectivity index (χ4n) is 11.9. The van der Waals surface area contributed by atoms with E-state index < -0.39 is 28.5 Å². The number of benzene rings is 14. The second kappa shape index (κ2) is 21.2. The lowest BCUT2D eigenvalue weighted by Gasteiger charge is -2.13. The largest absolute Gasteiger partial charge is 0.534 e. The minimum Gasteiger partial charge on any atom is -0.456 e. The maximum Gasteiger partial charge on any atom is 0.534 e. The van der Waals surface area contributed by atoms with E-state index in [1.165, 1.54) is 61.6 Å². The van der Waals surface area contributed by atoms with E-state index in [1.807, 2.05) is 91.0 Å². The third kappa shape index (κ3) is 9.52. The van der Waals surface area contributed by atoms with Gasteiger partial charge in [-0.25, -0.2) is 0 Å². The topological polar surface area (TPSA) is 110 Å². The van der Waals surface area contributed by atoms with E-state index in [2.05, 4.69) is 144 Å². The minimum absolute atomic E-state index is 0.397. The molecule has 16 aromatic rings. The van der Waals surface area contributed by atoms with Crippen molar-refractivity contribution in [2.45, 2.75) is 5.51 Å². The number of hydrogen-bond donors (Lipinski definition) is 2. The number of para-hydroxylation sites is 4. The first-order chi connectivity index (χ1) is 41.4. The Morgan fingerprint density at radius 3 is 1.16 bits per heavy atom. The molecule has 16 rings (SSSR count). The van der Waals surface area contributed by atoms with Crippen LogP contribution in [0.5, 0.6) is 5.75 Å². The smallest absolute Gasteiger partial charge is 0.456 e. The van der Waals surface area contributed by atoms with Gasteiger partial charge in [0, 0.05) is 32.6 Å². The van der Waals surface area contributed by atoms with Crippen LogP contribution in [0, 0.1) is 0 Å². The number of alkyl halides is 3. The average Bonchev–Trinajstić information content (AvgIpc) is 2.09. The van der Waals surface area contributed by atoms with Crippen LogP contribution in [-0.4, -0.2) is 31.1 Å². The summed E-state index contributed by atoms with van der Waals surface area (Å²) in [6.45, 7) is 0. The van der Waals surface area contributed by atoms with Crippen LogP contribution in [0.4, 0.5) is 13.2 Å². The summed E-state index contributed by atoms with van der Waals surface area (Å²) in [5, 5.41) is 36.9. The number of halogens is 3. The second-order valence-electron chi connectivity index (χ2n) is 20.8. The van der Waals surface area contributed by atoms with Crippen molar-refractivity contribution < 1.29 is 44.7 Å². The van der Waals surface area contributed by atoms with Gasteiger partial charge in [0.25, 0.3) is 0 Å². The molecule has 12 heteroatoms. The van der Waals surface area contributed by atoms with E-state index in [1.54, 1.807) is 18.2 Å². The van der Waals surface area contributed by atoms with Crippen molar-refractivity contribution in [2.24, 2.45) is 0 Å². The van der Waals surface area contributed by atoms with Crippen LogP contribution in [0.15, 0.2) is 276 Å². The number of rotatable bonds is 6. The molecule has 0 aliphatic carbocycles. The lowest BCUT2D eigenvalue weighted by Crippen LogP contribution is -2.29. The highest BCUT2D eigenvalue weighted by molar-refractivity contribution is 7.88. The van der Waals surface area contributed by atoms with Crippen molar-refractivity contribution in [3.63, 3.8) is 0 Å². The summed E-state index contributed by atoms with van der Waals surface area (Å²) >= 11 is 0. The zero-order valence-electron chi connectivity index (χ0n) is 45.0. The van der Waals surface area contributed by atoms with Gasteiger partial charge < -0.3 is 23.1 Å². The Morgan fingerprint density at radius 1 is 0.329 bits per heavy atom. The quantitative estimate of drug-likeness (QED) is 0.0738. The third-order valence-electron chi connectivity index (χ3n) is 15.8. The van der Waals surface area contributed by atoms with Crippen molar-refractivity contribution in [1.82, 2.24) is 0 Å². The lowest BCUT2D eigenvalue weighted by molar-refractivity contribution is -0.0500. The predicted molar refractivity (Wildman–Crippen MR) is 341 cm³/mol. The first-order valence-electron chi connectivity index (χ1n) is 27.4. The van der Waals surface area contributed by atoms with Crippen LogP contribution >= 0.6 is 0 Å². The number of hydrogen-bond acceptors (Lipinski definition) is 7. The third-order valence-corrected chi connectivity index (χ3v) is 16.7. The Labute approximate surface area is 484 Å². The SMILES string of the molecule is O=S(=O)(Oc1cccc(-c2ccc3c4ccccc4c4ccccc4c3c2)c1)C(F)(F)F.OB(O)c1cccc2c1oc1ccccc12.c1cc(-c2ccc3c4ccccc4c4ccccc4c3c2)cc(-c2cccc3c2oc2ccccc23)c1. The van der Waals surface area contributed by atoms with Crippen molar-refractivity contribution in [1.29, 1.82) is 0 Å². The van der Waals surface area contributed by atoms with Gasteiger partial charge in [0.05, 0.1) is 0 Å². The minimum atomic E-state index is -5.74. The van der Waals surface area contributed by atoms with Crippen LogP contribution in [0.3, 0.4) is 0 Å². The highest BCUT2D eigenvalue weighted by Gasteiger charge is 2.48. The average molecular weight is 1140 g/mol. The van der Waals surface area contributed by atoms with Gasteiger partial charge in [0.1, 0.15) is 28.1 Å². The molecule has 2 heterocycles. The number of fused-ring (bicyclic) bond motifs is 18. The van der Waals surface area contributed by atoms with E-state index in [9.17, 15) is 31.6 Å². The van der Waals surface area contributed by atoms with Crippen LogP contribution in [0.2, 0.25) is 0 Å². The molecule has 0 unspecified atom stereocenters. The van der Waals surface area contributed by atoms with Gasteiger partial charge in [-0.1, -0.05) is 224 Å². The Morgan fingerprint density at radius 2 is 0.682 bits per heavy atom. The Hall–Kier alpha value is -10.2. The van der Waals surface area contributed by atoms with E-state index >= 15 is 0 Å². The van der Waals surface area contributed by atoms with Gasteiger partial charge in [0.2, 0.25) is 0 Å². The van der Waals surface area contributed by atoms with Crippen LogP contribution in [-0.2, 0) is 10.1 Å². The summed E-state index contributed by atoms with van der Waals surface area (Å²) in [4.78, 5) is 0. The van der Waals surface area contributed by atoms with E-state index in [0.717, 1.165) is 87.3 Å². The summed E-state index contributed by atoms with van der Waals surface area (Å²) < 4.78 is 77.0. The molecule has 0 saturated heterocycles. The summed E-state index contributed by atoms with van der Waals surface area (Å²) in [5.74, 6) is -0.400. The van der Waals surface area contributed by atoms with Gasteiger partial charge >= 0.3 is 22.7 Å². The van der Waals surface area contributed by atoms with Crippen molar-refractivity contribution >= 4 is 131 Å². The summed E-state index contributed by atoms with van der Waals surface area (Å²) in [5.41, 5.74) is 4.03. The molecule has 14 aromatic carbocycles. The van der Waals surface area contributed by atoms with Crippen molar-refractivity contribution in [3.8, 4) is 39.1 Å². The fraction of sp³-hybridized carbons (Fsp3) is 0.0137. The molecule has 2 N–H and O–H groups in total. The van der Waals surface area contributed by atoms with E-state index in [4.69, 9.17) is 8.83 Å². The molecule has 0 atom stereocenters. The molecule has 85 heavy (non-hydrogen) atoms. The molecule has 0 spiro atoms. The molecular weight excluding hydrogens is 1090 g/mol. The molecule has 0 aliphatic rings. The van der Waals surface area contributed by atoms with Gasteiger partial charge in [-0.15, -0.1) is 0 Å². The van der Waals surface area contributed by atoms with Gasteiger partial charge in [-0.3, -0.25) is 0 Å². The van der Waals surface area contributed by atoms with Crippen LogP contribution in [0.1, 0.15) is 0 Å². The Balaban J connectivity index is 0.000000121. The normalized spacial score (nSPS) is 11.9. The first-order valence-corrected chi connectivity index (χ1v) is 28.8. The highest BCUT2D eigenvalue weighted by Crippen LogP contribution is 2.42. The highest BCUT2D eigenvalue weighted by atomic mass is 32.2. The molecule has 410 valence electrons. The maximum absolute atomic E-state index is 12.7. The lowest BCUT2D eigenvalue weighted by atomic mass is 9.79. The zero-order chi connectivity index (χ0) is 58.0. The van der Waals surface area contributed by atoms with Gasteiger partial charge in [0.15, 0.2) is 0 Å². The van der Waals surface area contributed by atoms with E-state index in [0.29, 0.717) is 16.6 Å². The molecule has 0 radical (unpaired) electrons. The summed E-state index contributed by atoms with van der Waals surface area (Å²) in [6, 6.07) is 88.4. The first kappa shape index (κ1) is 52.8. The summed E-state index contributed by atoms with van der Waals surface area (Å²) in [6.07, 6.45) is 0. The molecule has 7 nitrogen and oxygen atoms in total.